The number of nitrogens with one attached hydrogen (secondary N) is 1. The maximum absolute atomic E-state index is 13.8. The van der Waals surface area contributed by atoms with Gasteiger partial charge < -0.3 is 14.3 Å². The molecule has 1 aliphatic heterocycles. The number of hydrogen-bond donors (Lipinski definition) is 1. The predicted molar refractivity (Wildman–Crippen MR) is 128 cm³/mol. The SMILES string of the molecule is O=c1c(Cl)c(OCc2ccc(F)cc2F)ccn1Cc1ccc2[nH]cc(CN3CCCC3)c2c1. The minimum Gasteiger partial charge on any atom is -0.487 e. The lowest BCUT2D eigenvalue weighted by Crippen LogP contribution is -2.21. The number of aromatic amines is 1. The van der Waals surface area contributed by atoms with Gasteiger partial charge in [0.1, 0.15) is 29.0 Å². The van der Waals surface area contributed by atoms with Crippen molar-refractivity contribution in [2.24, 2.45) is 0 Å². The molecule has 3 heterocycles. The number of fused-ring (bicyclic) bond motifs is 1. The van der Waals surface area contributed by atoms with Gasteiger partial charge in [-0.25, -0.2) is 8.78 Å². The second-order valence-electron chi connectivity index (χ2n) is 8.63. The van der Waals surface area contributed by atoms with Crippen molar-refractivity contribution >= 4 is 22.5 Å². The van der Waals surface area contributed by atoms with E-state index in [9.17, 15) is 13.6 Å². The molecule has 0 radical (unpaired) electrons. The van der Waals surface area contributed by atoms with Crippen LogP contribution in [0.1, 0.15) is 29.5 Å². The molecule has 5 nitrogen and oxygen atoms in total. The van der Waals surface area contributed by atoms with Gasteiger partial charge in [-0.3, -0.25) is 9.69 Å². The van der Waals surface area contributed by atoms with E-state index >= 15 is 0 Å². The number of benzene rings is 2. The fourth-order valence-electron chi connectivity index (χ4n) is 4.39. The van der Waals surface area contributed by atoms with Gasteiger partial charge in [0.25, 0.3) is 5.56 Å². The Morgan fingerprint density at radius 3 is 2.62 bits per heavy atom. The fraction of sp³-hybridized carbons (Fsp3) is 0.269. The van der Waals surface area contributed by atoms with Crippen LogP contribution in [0.25, 0.3) is 10.9 Å². The number of rotatable bonds is 7. The molecule has 0 spiro atoms. The van der Waals surface area contributed by atoms with Crippen LogP contribution in [-0.2, 0) is 19.7 Å². The van der Waals surface area contributed by atoms with Gasteiger partial charge in [-0.1, -0.05) is 17.7 Å². The molecule has 5 rings (SSSR count). The largest absolute Gasteiger partial charge is 0.487 e. The summed E-state index contributed by atoms with van der Waals surface area (Å²) in [4.78, 5) is 18.6. The van der Waals surface area contributed by atoms with Gasteiger partial charge in [0.2, 0.25) is 0 Å². The van der Waals surface area contributed by atoms with Crippen LogP contribution in [0.2, 0.25) is 5.02 Å². The van der Waals surface area contributed by atoms with Crippen LogP contribution in [0.3, 0.4) is 0 Å². The maximum atomic E-state index is 13.8. The molecular formula is C26H24ClF2N3O2. The number of nitrogens with zero attached hydrogens (tertiary/aromatic N) is 2. The highest BCUT2D eigenvalue weighted by atomic mass is 35.5. The molecular weight excluding hydrogens is 460 g/mol. The third-order valence-electron chi connectivity index (χ3n) is 6.25. The normalized spacial score (nSPS) is 14.2. The number of pyridine rings is 1. The zero-order chi connectivity index (χ0) is 23.7. The standard InChI is InChI=1S/C26H24ClF2N3O2/c27-25-24(34-16-18-4-5-20(28)12-22(18)29)7-10-32(26(25)33)14-17-3-6-23-21(11-17)19(13-30-23)15-31-8-1-2-9-31/h3-7,10-13,30H,1-2,8-9,14-16H2. The van der Waals surface area contributed by atoms with Crippen LogP contribution >= 0.6 is 11.6 Å². The lowest BCUT2D eigenvalue weighted by molar-refractivity contribution is 0.298. The van der Waals surface area contributed by atoms with E-state index in [4.69, 9.17) is 16.3 Å². The summed E-state index contributed by atoms with van der Waals surface area (Å²) < 4.78 is 34.0. The first-order valence-corrected chi connectivity index (χ1v) is 11.6. The van der Waals surface area contributed by atoms with Crippen molar-refractivity contribution in [3.05, 3.63) is 98.6 Å². The van der Waals surface area contributed by atoms with E-state index in [1.165, 1.54) is 29.0 Å². The highest BCUT2D eigenvalue weighted by Crippen LogP contribution is 2.25. The summed E-state index contributed by atoms with van der Waals surface area (Å²) in [6, 6.07) is 10.9. The molecule has 8 heteroatoms. The second kappa shape index (κ2) is 9.60. The topological polar surface area (TPSA) is 50.3 Å². The van der Waals surface area contributed by atoms with E-state index in [0.29, 0.717) is 6.54 Å². The van der Waals surface area contributed by atoms with Gasteiger partial charge in [-0.05, 0) is 67.4 Å². The Hall–Kier alpha value is -3.16. The lowest BCUT2D eigenvalue weighted by atomic mass is 10.1. The Morgan fingerprint density at radius 1 is 1.00 bits per heavy atom. The predicted octanol–water partition coefficient (Wildman–Crippen LogP) is 5.48. The van der Waals surface area contributed by atoms with Crippen molar-refractivity contribution in [2.45, 2.75) is 32.5 Å². The Balaban J connectivity index is 1.33. The summed E-state index contributed by atoms with van der Waals surface area (Å²) in [5, 5.41) is 1.08. The first-order chi connectivity index (χ1) is 16.5. The Kier molecular flexibility index (Phi) is 6.39. The molecule has 34 heavy (non-hydrogen) atoms. The van der Waals surface area contributed by atoms with Gasteiger partial charge in [0.15, 0.2) is 0 Å². The van der Waals surface area contributed by atoms with Gasteiger partial charge in [-0.15, -0.1) is 0 Å². The number of likely N-dealkylation sites (tertiary alicyclic amines) is 1. The summed E-state index contributed by atoms with van der Waals surface area (Å²) in [5.41, 5.74) is 3.08. The lowest BCUT2D eigenvalue weighted by Gasteiger charge is -2.14. The van der Waals surface area contributed by atoms with Crippen LogP contribution < -0.4 is 10.3 Å². The van der Waals surface area contributed by atoms with Crippen molar-refractivity contribution in [3.8, 4) is 5.75 Å². The average molecular weight is 484 g/mol. The summed E-state index contributed by atoms with van der Waals surface area (Å²) in [6.45, 7) is 3.36. The van der Waals surface area contributed by atoms with E-state index in [2.05, 4.69) is 22.1 Å². The van der Waals surface area contributed by atoms with Crippen LogP contribution in [0.5, 0.6) is 5.75 Å². The summed E-state index contributed by atoms with van der Waals surface area (Å²) >= 11 is 6.27. The minimum atomic E-state index is -0.714. The molecule has 1 aliphatic rings. The average Bonchev–Trinajstić information content (AvgIpc) is 3.48. The van der Waals surface area contributed by atoms with E-state index in [-0.39, 0.29) is 22.9 Å². The molecule has 4 aromatic rings. The Bertz CT molecular complexity index is 1390. The molecule has 1 fully saturated rings. The fourth-order valence-corrected chi connectivity index (χ4v) is 4.62. The Morgan fingerprint density at radius 2 is 1.82 bits per heavy atom. The molecule has 0 saturated carbocycles. The molecule has 1 saturated heterocycles. The number of H-pyrrole nitrogens is 1. The number of hydrogen-bond acceptors (Lipinski definition) is 3. The molecule has 0 unspecified atom stereocenters. The molecule has 0 amide bonds. The van der Waals surface area contributed by atoms with Crippen molar-refractivity contribution in [2.75, 3.05) is 13.1 Å². The molecule has 2 aromatic heterocycles. The molecule has 2 aromatic carbocycles. The molecule has 0 atom stereocenters. The van der Waals surface area contributed by atoms with Crippen LogP contribution in [-0.4, -0.2) is 27.5 Å². The third kappa shape index (κ3) is 4.72. The van der Waals surface area contributed by atoms with Crippen molar-refractivity contribution in [1.82, 2.24) is 14.5 Å². The van der Waals surface area contributed by atoms with Crippen molar-refractivity contribution in [1.29, 1.82) is 0 Å². The van der Waals surface area contributed by atoms with E-state index in [1.807, 2.05) is 12.1 Å². The monoisotopic (exact) mass is 483 g/mol. The molecule has 1 N–H and O–H groups in total. The van der Waals surface area contributed by atoms with Crippen LogP contribution in [0.15, 0.2) is 59.7 Å². The maximum Gasteiger partial charge on any atom is 0.273 e. The zero-order valence-corrected chi connectivity index (χ0v) is 19.2. The van der Waals surface area contributed by atoms with Crippen molar-refractivity contribution < 1.29 is 13.5 Å². The van der Waals surface area contributed by atoms with Gasteiger partial charge in [0, 0.05) is 41.5 Å². The molecule has 0 bridgehead atoms. The van der Waals surface area contributed by atoms with Gasteiger partial charge in [0.05, 0.1) is 6.54 Å². The number of halogens is 3. The van der Waals surface area contributed by atoms with E-state index in [0.717, 1.165) is 48.2 Å². The van der Waals surface area contributed by atoms with Crippen LogP contribution in [0.4, 0.5) is 8.78 Å². The highest BCUT2D eigenvalue weighted by Gasteiger charge is 2.15. The van der Waals surface area contributed by atoms with Gasteiger partial charge >= 0.3 is 0 Å². The summed E-state index contributed by atoms with van der Waals surface area (Å²) in [7, 11) is 0. The first kappa shape index (κ1) is 22.6. The van der Waals surface area contributed by atoms with Gasteiger partial charge in [-0.2, -0.15) is 0 Å². The number of ether oxygens (including phenoxy) is 1. The van der Waals surface area contributed by atoms with Crippen molar-refractivity contribution in [3.63, 3.8) is 0 Å². The van der Waals surface area contributed by atoms with Crippen LogP contribution in [0, 0.1) is 11.6 Å². The smallest absolute Gasteiger partial charge is 0.273 e. The zero-order valence-electron chi connectivity index (χ0n) is 18.5. The molecule has 176 valence electrons. The van der Waals surface area contributed by atoms with E-state index in [1.54, 1.807) is 12.3 Å². The molecule has 0 aliphatic carbocycles. The Labute approximate surface area is 200 Å². The summed E-state index contributed by atoms with van der Waals surface area (Å²) in [6.07, 6.45) is 6.16. The third-order valence-corrected chi connectivity index (χ3v) is 6.59. The quantitative estimate of drug-likeness (QED) is 0.378. The van der Waals surface area contributed by atoms with E-state index < -0.39 is 17.2 Å². The number of aromatic nitrogens is 2. The second-order valence-corrected chi connectivity index (χ2v) is 9.01. The highest BCUT2D eigenvalue weighted by molar-refractivity contribution is 6.31. The first-order valence-electron chi connectivity index (χ1n) is 11.2. The summed E-state index contributed by atoms with van der Waals surface area (Å²) in [5.74, 6) is -1.22. The minimum absolute atomic E-state index is 0.0811.